The number of likely N-dealkylation sites (tertiary alicyclic amines) is 1. The summed E-state index contributed by atoms with van der Waals surface area (Å²) in [5, 5.41) is 4.20. The van der Waals surface area contributed by atoms with Crippen LogP contribution in [0.1, 0.15) is 37.7 Å². The number of aromatic nitrogens is 2. The van der Waals surface area contributed by atoms with Gasteiger partial charge in [0.05, 0.1) is 6.20 Å². The molecule has 1 aliphatic heterocycles. The molecule has 1 fully saturated rings. The molecule has 1 aromatic rings. The zero-order valence-electron chi connectivity index (χ0n) is 12.5. The fourth-order valence-corrected chi connectivity index (χ4v) is 2.88. The Morgan fingerprint density at radius 1 is 1.50 bits per heavy atom. The molecule has 2 heterocycles. The number of ether oxygens (including phenoxy) is 1. The molecule has 0 radical (unpaired) electrons. The van der Waals surface area contributed by atoms with Crippen molar-refractivity contribution in [2.75, 3.05) is 20.3 Å². The Morgan fingerprint density at radius 3 is 3.05 bits per heavy atom. The molecule has 0 aromatic carbocycles. The molecule has 5 heteroatoms. The summed E-state index contributed by atoms with van der Waals surface area (Å²) in [5.41, 5.74) is 1.09. The van der Waals surface area contributed by atoms with E-state index in [1.807, 2.05) is 13.1 Å². The molecule has 0 spiro atoms. The third-order valence-corrected chi connectivity index (χ3v) is 3.89. The van der Waals surface area contributed by atoms with Crippen molar-refractivity contribution < 1.29 is 9.53 Å². The van der Waals surface area contributed by atoms with E-state index in [9.17, 15) is 4.79 Å². The van der Waals surface area contributed by atoms with E-state index < -0.39 is 0 Å². The van der Waals surface area contributed by atoms with Gasteiger partial charge in [-0.1, -0.05) is 0 Å². The zero-order valence-corrected chi connectivity index (χ0v) is 12.5. The maximum absolute atomic E-state index is 12.5. The summed E-state index contributed by atoms with van der Waals surface area (Å²) in [6.07, 6.45) is 9.23. The van der Waals surface area contributed by atoms with Gasteiger partial charge in [0.25, 0.3) is 0 Å². The highest BCUT2D eigenvalue weighted by molar-refractivity contribution is 5.76. The largest absolute Gasteiger partial charge is 0.385 e. The van der Waals surface area contributed by atoms with Gasteiger partial charge in [0.15, 0.2) is 0 Å². The third kappa shape index (κ3) is 4.07. The first kappa shape index (κ1) is 15.0. The highest BCUT2D eigenvalue weighted by atomic mass is 16.5. The van der Waals surface area contributed by atoms with E-state index in [1.54, 1.807) is 18.0 Å². The molecule has 0 aliphatic carbocycles. The van der Waals surface area contributed by atoms with Crippen molar-refractivity contribution in [3.63, 3.8) is 0 Å². The van der Waals surface area contributed by atoms with Gasteiger partial charge in [-0.25, -0.2) is 0 Å². The van der Waals surface area contributed by atoms with Crippen LogP contribution in [0.2, 0.25) is 0 Å². The molecule has 1 aliphatic rings. The first-order valence-corrected chi connectivity index (χ1v) is 7.48. The number of aryl methyl sites for hydroxylation is 1. The third-order valence-electron chi connectivity index (χ3n) is 3.89. The van der Waals surface area contributed by atoms with Gasteiger partial charge < -0.3 is 9.64 Å². The van der Waals surface area contributed by atoms with Crippen molar-refractivity contribution in [1.29, 1.82) is 0 Å². The van der Waals surface area contributed by atoms with E-state index in [2.05, 4.69) is 10.00 Å². The Labute approximate surface area is 120 Å². The van der Waals surface area contributed by atoms with Crippen LogP contribution in [-0.4, -0.2) is 46.9 Å². The van der Waals surface area contributed by atoms with Crippen molar-refractivity contribution >= 4 is 5.91 Å². The smallest absolute Gasteiger partial charge is 0.244 e. The van der Waals surface area contributed by atoms with E-state index in [0.717, 1.165) is 44.4 Å². The van der Waals surface area contributed by atoms with E-state index in [0.29, 0.717) is 12.6 Å². The Bertz CT molecular complexity index is 431. The summed E-state index contributed by atoms with van der Waals surface area (Å²) in [7, 11) is 1.73. The average Bonchev–Trinajstić information content (AvgIpc) is 2.85. The molecule has 1 saturated heterocycles. The van der Waals surface area contributed by atoms with Crippen LogP contribution in [-0.2, 0) is 16.1 Å². The fourth-order valence-electron chi connectivity index (χ4n) is 2.88. The summed E-state index contributed by atoms with van der Waals surface area (Å²) in [5.74, 6) is 0.190. The minimum absolute atomic E-state index is 0.190. The molecule has 1 amide bonds. The van der Waals surface area contributed by atoms with Gasteiger partial charge in [0.1, 0.15) is 6.54 Å². The van der Waals surface area contributed by atoms with Crippen molar-refractivity contribution in [2.24, 2.45) is 0 Å². The SMILES string of the molecule is COCCC[C@@H]1CCCCN1C(=O)Cn1cc(C)cn1. The second-order valence-corrected chi connectivity index (χ2v) is 5.59. The number of nitrogens with zero attached hydrogens (tertiary/aromatic N) is 3. The van der Waals surface area contributed by atoms with Crippen molar-refractivity contribution in [1.82, 2.24) is 14.7 Å². The first-order chi connectivity index (χ1) is 9.70. The molecule has 2 rings (SSSR count). The number of hydrogen-bond donors (Lipinski definition) is 0. The lowest BCUT2D eigenvalue weighted by molar-refractivity contribution is -0.136. The minimum Gasteiger partial charge on any atom is -0.385 e. The van der Waals surface area contributed by atoms with Gasteiger partial charge in [-0.15, -0.1) is 0 Å². The number of rotatable bonds is 6. The topological polar surface area (TPSA) is 47.4 Å². The van der Waals surface area contributed by atoms with Gasteiger partial charge in [0.2, 0.25) is 5.91 Å². The standard InChI is InChI=1S/C15H25N3O2/c1-13-10-16-17(11-13)12-15(19)18-8-4-3-6-14(18)7-5-9-20-2/h10-11,14H,3-9,12H2,1-2H3/t14-/m0/s1. The number of carbonyl (C=O) groups excluding carboxylic acids is 1. The van der Waals surface area contributed by atoms with Crippen LogP contribution >= 0.6 is 0 Å². The maximum Gasteiger partial charge on any atom is 0.244 e. The van der Waals surface area contributed by atoms with Crippen molar-refractivity contribution in [2.45, 2.75) is 51.6 Å². The number of carbonyl (C=O) groups is 1. The summed E-state index contributed by atoms with van der Waals surface area (Å²) in [4.78, 5) is 14.5. The van der Waals surface area contributed by atoms with Crippen LogP contribution in [0.4, 0.5) is 0 Å². The van der Waals surface area contributed by atoms with E-state index >= 15 is 0 Å². The highest BCUT2D eigenvalue weighted by Crippen LogP contribution is 2.21. The second-order valence-electron chi connectivity index (χ2n) is 5.59. The predicted molar refractivity (Wildman–Crippen MR) is 77.4 cm³/mol. The van der Waals surface area contributed by atoms with Crippen LogP contribution in [0.25, 0.3) is 0 Å². The van der Waals surface area contributed by atoms with Gasteiger partial charge >= 0.3 is 0 Å². The Kier molecular flexibility index (Phi) is 5.59. The lowest BCUT2D eigenvalue weighted by Crippen LogP contribution is -2.45. The van der Waals surface area contributed by atoms with E-state index in [4.69, 9.17) is 4.74 Å². The number of methoxy groups -OCH3 is 1. The van der Waals surface area contributed by atoms with Crippen LogP contribution in [0, 0.1) is 6.92 Å². The molecule has 0 bridgehead atoms. The van der Waals surface area contributed by atoms with Gasteiger partial charge in [-0.05, 0) is 44.6 Å². The predicted octanol–water partition coefficient (Wildman–Crippen LogP) is 2.00. The quantitative estimate of drug-likeness (QED) is 0.748. The first-order valence-electron chi connectivity index (χ1n) is 7.48. The summed E-state index contributed by atoms with van der Waals surface area (Å²) >= 11 is 0. The van der Waals surface area contributed by atoms with Crippen molar-refractivity contribution in [3.05, 3.63) is 18.0 Å². The molecule has 0 saturated carbocycles. The lowest BCUT2D eigenvalue weighted by atomic mass is 9.98. The molecule has 112 valence electrons. The Hall–Kier alpha value is -1.36. The maximum atomic E-state index is 12.5. The monoisotopic (exact) mass is 279 g/mol. The molecular formula is C15H25N3O2. The molecule has 0 unspecified atom stereocenters. The lowest BCUT2D eigenvalue weighted by Gasteiger charge is -2.36. The molecule has 1 aromatic heterocycles. The van der Waals surface area contributed by atoms with Crippen LogP contribution in [0.15, 0.2) is 12.4 Å². The number of amides is 1. The van der Waals surface area contributed by atoms with E-state index in [-0.39, 0.29) is 5.91 Å². The number of piperidine rings is 1. The average molecular weight is 279 g/mol. The molecule has 20 heavy (non-hydrogen) atoms. The molecule has 5 nitrogen and oxygen atoms in total. The van der Waals surface area contributed by atoms with Crippen LogP contribution < -0.4 is 0 Å². The second kappa shape index (κ2) is 7.43. The summed E-state index contributed by atoms with van der Waals surface area (Å²) < 4.78 is 6.84. The van der Waals surface area contributed by atoms with Crippen LogP contribution in [0.5, 0.6) is 0 Å². The van der Waals surface area contributed by atoms with Crippen LogP contribution in [0.3, 0.4) is 0 Å². The van der Waals surface area contributed by atoms with Gasteiger partial charge in [0, 0.05) is 32.5 Å². The number of hydrogen-bond acceptors (Lipinski definition) is 3. The fraction of sp³-hybridized carbons (Fsp3) is 0.733. The summed E-state index contributed by atoms with van der Waals surface area (Å²) in [6, 6.07) is 0.378. The normalized spacial score (nSPS) is 19.3. The Balaban J connectivity index is 1.90. The highest BCUT2D eigenvalue weighted by Gasteiger charge is 2.26. The Morgan fingerprint density at radius 2 is 2.35 bits per heavy atom. The summed E-state index contributed by atoms with van der Waals surface area (Å²) in [6.45, 7) is 4.00. The van der Waals surface area contributed by atoms with E-state index in [1.165, 1.54) is 6.42 Å². The zero-order chi connectivity index (χ0) is 14.4. The minimum atomic E-state index is 0.190. The molecular weight excluding hydrogens is 254 g/mol. The van der Waals surface area contributed by atoms with Gasteiger partial charge in [-0.2, -0.15) is 5.10 Å². The van der Waals surface area contributed by atoms with Gasteiger partial charge in [-0.3, -0.25) is 9.48 Å². The molecule has 1 atom stereocenters. The van der Waals surface area contributed by atoms with Crippen molar-refractivity contribution in [3.8, 4) is 0 Å². The molecule has 0 N–H and O–H groups in total.